The summed E-state index contributed by atoms with van der Waals surface area (Å²) in [5.74, 6) is 1.60. The molecule has 0 unspecified atom stereocenters. The Morgan fingerprint density at radius 2 is 2.00 bits per heavy atom. The van der Waals surface area contributed by atoms with Crippen molar-refractivity contribution in [2.24, 2.45) is 4.99 Å². The fraction of sp³-hybridized carbons (Fsp3) is 0.400. The third kappa shape index (κ3) is 8.62. The van der Waals surface area contributed by atoms with E-state index in [4.69, 9.17) is 21.1 Å². The first-order valence-electron chi connectivity index (χ1n) is 8.88. The number of nitrogens with zero attached hydrogens (tertiary/aromatic N) is 2. The number of halogens is 2. The van der Waals surface area contributed by atoms with Crippen LogP contribution in [0.5, 0.6) is 5.75 Å². The number of pyridine rings is 1. The molecule has 0 aliphatic heterocycles. The van der Waals surface area contributed by atoms with Gasteiger partial charge in [0.1, 0.15) is 17.5 Å². The number of hydrogen-bond donors (Lipinski definition) is 2. The van der Waals surface area contributed by atoms with Crippen LogP contribution in [0.4, 0.5) is 0 Å². The van der Waals surface area contributed by atoms with Crippen LogP contribution >= 0.6 is 35.6 Å². The molecule has 0 fully saturated rings. The van der Waals surface area contributed by atoms with Gasteiger partial charge in [0.05, 0.1) is 6.61 Å². The zero-order chi connectivity index (χ0) is 19.5. The van der Waals surface area contributed by atoms with E-state index >= 15 is 0 Å². The molecule has 8 heteroatoms. The van der Waals surface area contributed by atoms with Crippen LogP contribution in [0, 0.1) is 6.92 Å². The summed E-state index contributed by atoms with van der Waals surface area (Å²) in [6, 6.07) is 9.95. The molecule has 2 N–H and O–H groups in total. The summed E-state index contributed by atoms with van der Waals surface area (Å²) in [6.45, 7) is 4.49. The van der Waals surface area contributed by atoms with Crippen molar-refractivity contribution >= 4 is 41.5 Å². The number of aromatic nitrogens is 1. The van der Waals surface area contributed by atoms with Crippen molar-refractivity contribution in [2.75, 3.05) is 33.9 Å². The maximum absolute atomic E-state index is 5.83. The Labute approximate surface area is 189 Å². The number of benzene rings is 1. The van der Waals surface area contributed by atoms with Gasteiger partial charge in [-0.05, 0) is 36.6 Å². The van der Waals surface area contributed by atoms with Crippen LogP contribution in [0.15, 0.2) is 41.5 Å². The van der Waals surface area contributed by atoms with Crippen molar-refractivity contribution < 1.29 is 9.47 Å². The molecule has 1 aromatic carbocycles. The molecule has 0 saturated heterocycles. The van der Waals surface area contributed by atoms with E-state index in [2.05, 4.69) is 32.7 Å². The van der Waals surface area contributed by atoms with E-state index in [1.165, 1.54) is 0 Å². The Kier molecular flexibility index (Phi) is 11.9. The van der Waals surface area contributed by atoms with Crippen LogP contribution in [0.2, 0.25) is 5.15 Å². The first-order chi connectivity index (χ1) is 13.1. The van der Waals surface area contributed by atoms with E-state index < -0.39 is 0 Å². The van der Waals surface area contributed by atoms with Gasteiger partial charge in [-0.1, -0.05) is 29.8 Å². The highest BCUT2D eigenvalue weighted by atomic mass is 127. The molecule has 2 rings (SSSR count). The number of ether oxygens (including phenoxy) is 2. The predicted molar refractivity (Wildman–Crippen MR) is 125 cm³/mol. The maximum Gasteiger partial charge on any atom is 0.191 e. The highest BCUT2D eigenvalue weighted by molar-refractivity contribution is 14.0. The van der Waals surface area contributed by atoms with Crippen molar-refractivity contribution in [3.8, 4) is 5.75 Å². The van der Waals surface area contributed by atoms with Gasteiger partial charge >= 0.3 is 0 Å². The molecule has 0 radical (unpaired) electrons. The molecule has 0 spiro atoms. The number of nitrogens with one attached hydrogen (secondary N) is 2. The minimum Gasteiger partial charge on any atom is -0.491 e. The lowest BCUT2D eigenvalue weighted by Gasteiger charge is -2.15. The van der Waals surface area contributed by atoms with E-state index in [1.807, 2.05) is 19.1 Å². The third-order valence-corrected chi connectivity index (χ3v) is 4.16. The number of guanidine groups is 1. The molecule has 0 aliphatic rings. The van der Waals surface area contributed by atoms with Gasteiger partial charge in [0.2, 0.25) is 0 Å². The summed E-state index contributed by atoms with van der Waals surface area (Å²) >= 11 is 5.81. The number of hydrogen-bond acceptors (Lipinski definition) is 4. The molecule has 1 aromatic heterocycles. The standard InChI is InChI=1S/C20H27ClN4O2.HI/c1-15-4-6-17(18(12-15)27-11-10-26-3)14-25-20(22-2)23-9-8-16-5-7-19(21)24-13-16;/h4-7,12-13H,8-11,14H2,1-3H3,(H2,22,23,25);1H. The van der Waals surface area contributed by atoms with Gasteiger partial charge in [-0.3, -0.25) is 4.99 Å². The highest BCUT2D eigenvalue weighted by Gasteiger charge is 2.06. The molecule has 28 heavy (non-hydrogen) atoms. The molecule has 1 heterocycles. The van der Waals surface area contributed by atoms with Gasteiger partial charge in [-0.25, -0.2) is 4.98 Å². The lowest BCUT2D eigenvalue weighted by atomic mass is 10.1. The Hall–Kier alpha value is -1.58. The Bertz CT molecular complexity index is 741. The molecular weight excluding hydrogens is 491 g/mol. The van der Waals surface area contributed by atoms with E-state index in [1.54, 1.807) is 26.4 Å². The number of methoxy groups -OCH3 is 1. The molecule has 0 amide bonds. The van der Waals surface area contributed by atoms with Gasteiger partial charge in [-0.2, -0.15) is 0 Å². The van der Waals surface area contributed by atoms with E-state index in [0.717, 1.165) is 41.4 Å². The molecule has 0 aliphatic carbocycles. The van der Waals surface area contributed by atoms with Crippen molar-refractivity contribution in [3.63, 3.8) is 0 Å². The Morgan fingerprint density at radius 1 is 1.18 bits per heavy atom. The minimum absolute atomic E-state index is 0. The first kappa shape index (κ1) is 24.5. The molecule has 154 valence electrons. The molecule has 0 saturated carbocycles. The summed E-state index contributed by atoms with van der Waals surface area (Å²) in [4.78, 5) is 8.36. The second kappa shape index (κ2) is 13.6. The van der Waals surface area contributed by atoms with E-state index in [9.17, 15) is 0 Å². The second-order valence-electron chi connectivity index (χ2n) is 6.04. The normalized spacial score (nSPS) is 10.9. The number of aryl methyl sites for hydroxylation is 1. The van der Waals surface area contributed by atoms with Crippen LogP contribution in [0.25, 0.3) is 0 Å². The minimum atomic E-state index is 0. The van der Waals surface area contributed by atoms with Crippen molar-refractivity contribution in [3.05, 3.63) is 58.4 Å². The van der Waals surface area contributed by atoms with Gasteiger partial charge in [0.25, 0.3) is 0 Å². The smallest absolute Gasteiger partial charge is 0.191 e. The van der Waals surface area contributed by atoms with Crippen LogP contribution in [0.1, 0.15) is 16.7 Å². The van der Waals surface area contributed by atoms with Crippen molar-refractivity contribution in [2.45, 2.75) is 19.9 Å². The topological polar surface area (TPSA) is 67.8 Å². The van der Waals surface area contributed by atoms with Crippen molar-refractivity contribution in [1.29, 1.82) is 0 Å². The largest absolute Gasteiger partial charge is 0.491 e. The zero-order valence-electron chi connectivity index (χ0n) is 16.5. The molecule has 0 bridgehead atoms. The lowest BCUT2D eigenvalue weighted by Crippen LogP contribution is -2.38. The fourth-order valence-electron chi connectivity index (χ4n) is 2.46. The molecule has 2 aromatic rings. The molecule has 6 nitrogen and oxygen atoms in total. The van der Waals surface area contributed by atoms with Crippen LogP contribution < -0.4 is 15.4 Å². The average Bonchev–Trinajstić information content (AvgIpc) is 2.67. The average molecular weight is 519 g/mol. The van der Waals surface area contributed by atoms with E-state index in [0.29, 0.717) is 24.9 Å². The van der Waals surface area contributed by atoms with Crippen LogP contribution in [-0.4, -0.2) is 44.9 Å². The second-order valence-corrected chi connectivity index (χ2v) is 6.43. The first-order valence-corrected chi connectivity index (χ1v) is 9.26. The summed E-state index contributed by atoms with van der Waals surface area (Å²) in [7, 11) is 3.42. The molecular formula is C20H28ClIN4O2. The van der Waals surface area contributed by atoms with Crippen molar-refractivity contribution in [1.82, 2.24) is 15.6 Å². The van der Waals surface area contributed by atoms with Gasteiger partial charge in [0.15, 0.2) is 5.96 Å². The van der Waals surface area contributed by atoms with Gasteiger partial charge in [-0.15, -0.1) is 24.0 Å². The molecule has 0 atom stereocenters. The summed E-state index contributed by atoms with van der Waals surface area (Å²) in [6.07, 6.45) is 2.62. The SMILES string of the molecule is CN=C(NCCc1ccc(Cl)nc1)NCc1ccc(C)cc1OCCOC.I. The third-order valence-electron chi connectivity index (χ3n) is 3.93. The summed E-state index contributed by atoms with van der Waals surface area (Å²) in [5, 5.41) is 7.13. The predicted octanol–water partition coefficient (Wildman–Crippen LogP) is 3.59. The zero-order valence-corrected chi connectivity index (χ0v) is 19.6. The van der Waals surface area contributed by atoms with Crippen LogP contribution in [-0.2, 0) is 17.7 Å². The maximum atomic E-state index is 5.83. The number of rotatable bonds is 9. The number of aliphatic imine (C=N–C) groups is 1. The highest BCUT2D eigenvalue weighted by Crippen LogP contribution is 2.20. The fourth-order valence-corrected chi connectivity index (χ4v) is 2.57. The summed E-state index contributed by atoms with van der Waals surface area (Å²) < 4.78 is 10.9. The summed E-state index contributed by atoms with van der Waals surface area (Å²) in [5.41, 5.74) is 3.35. The quantitative estimate of drug-likeness (QED) is 0.175. The van der Waals surface area contributed by atoms with Crippen LogP contribution in [0.3, 0.4) is 0 Å². The van der Waals surface area contributed by atoms with E-state index in [-0.39, 0.29) is 24.0 Å². The van der Waals surface area contributed by atoms with Gasteiger partial charge < -0.3 is 20.1 Å². The monoisotopic (exact) mass is 518 g/mol. The Morgan fingerprint density at radius 3 is 2.68 bits per heavy atom. The Balaban J connectivity index is 0.00000392. The van der Waals surface area contributed by atoms with Gasteiger partial charge in [0, 0.05) is 39.0 Å². The lowest BCUT2D eigenvalue weighted by molar-refractivity contribution is 0.145.